The van der Waals surface area contributed by atoms with E-state index in [-0.39, 0.29) is 0 Å². The molecule has 0 heterocycles. The first-order chi connectivity index (χ1) is 9.42. The van der Waals surface area contributed by atoms with Crippen LogP contribution in [0.4, 0.5) is 0 Å². The number of nitrogens with one attached hydrogen (secondary N) is 1. The van der Waals surface area contributed by atoms with E-state index in [4.69, 9.17) is 5.73 Å². The maximum Gasteiger partial charge on any atom is 0.0115 e. The molecule has 0 amide bonds. The summed E-state index contributed by atoms with van der Waals surface area (Å²) in [5.41, 5.74) is 6.29. The molecule has 0 aromatic heterocycles. The molecule has 2 saturated carbocycles. The Balaban J connectivity index is 1.88. The largest absolute Gasteiger partial charge is 0.327 e. The Hall–Kier alpha value is -0.0800. The van der Waals surface area contributed by atoms with Gasteiger partial charge in [-0.15, -0.1) is 0 Å². The molecule has 3 N–H and O–H groups in total. The predicted molar refractivity (Wildman–Crippen MR) is 87.5 cm³/mol. The molecule has 0 saturated heterocycles. The monoisotopic (exact) mass is 280 g/mol. The Labute approximate surface area is 126 Å². The lowest BCUT2D eigenvalue weighted by Crippen LogP contribution is -2.44. The van der Waals surface area contributed by atoms with Crippen molar-refractivity contribution in [2.75, 3.05) is 7.05 Å². The van der Waals surface area contributed by atoms with Crippen molar-refractivity contribution < 1.29 is 0 Å². The van der Waals surface area contributed by atoms with Gasteiger partial charge in [0.2, 0.25) is 0 Å². The molecule has 2 heteroatoms. The molecule has 4 unspecified atom stereocenters. The molecule has 2 aliphatic rings. The smallest absolute Gasteiger partial charge is 0.0115 e. The third-order valence-corrected chi connectivity index (χ3v) is 6.36. The summed E-state index contributed by atoms with van der Waals surface area (Å²) in [5.74, 6) is 4.96. The molecule has 118 valence electrons. The lowest BCUT2D eigenvalue weighted by molar-refractivity contribution is 0.109. The fourth-order valence-corrected chi connectivity index (χ4v) is 5.45. The van der Waals surface area contributed by atoms with Crippen molar-refractivity contribution in [3.8, 4) is 0 Å². The molecule has 0 bridgehead atoms. The molecule has 0 spiro atoms. The second-order valence-electron chi connectivity index (χ2n) is 8.21. The van der Waals surface area contributed by atoms with Gasteiger partial charge < -0.3 is 11.1 Å². The van der Waals surface area contributed by atoms with Crippen LogP contribution in [0, 0.1) is 35.5 Å². The molecular formula is C18H36N2. The standard InChI is InChI=1S/C18H36N2/c1-11-6-15(7-12(2)17(11)19)10-16-8-13(3)18(20-5)14(4)9-16/h11-18,20H,6-10,19H2,1-5H3. The molecule has 2 nitrogen and oxygen atoms in total. The van der Waals surface area contributed by atoms with Gasteiger partial charge in [-0.3, -0.25) is 0 Å². The van der Waals surface area contributed by atoms with Crippen LogP contribution in [0.5, 0.6) is 0 Å². The Kier molecular flexibility index (Phi) is 5.53. The average molecular weight is 280 g/mol. The lowest BCUT2D eigenvalue weighted by Gasteiger charge is -2.43. The van der Waals surface area contributed by atoms with Gasteiger partial charge in [0.05, 0.1) is 0 Å². The SMILES string of the molecule is CNC1C(C)CC(CC2CC(C)C(N)C(C)C2)CC1C. The molecule has 2 aliphatic carbocycles. The molecule has 0 aromatic carbocycles. The first kappa shape index (κ1) is 16.3. The molecule has 0 radical (unpaired) electrons. The van der Waals surface area contributed by atoms with Gasteiger partial charge in [-0.05, 0) is 74.7 Å². The van der Waals surface area contributed by atoms with Gasteiger partial charge in [0.25, 0.3) is 0 Å². The maximum atomic E-state index is 6.29. The lowest BCUT2D eigenvalue weighted by atomic mass is 9.66. The van der Waals surface area contributed by atoms with Gasteiger partial charge >= 0.3 is 0 Å². The molecule has 2 rings (SSSR count). The number of hydrogen-bond donors (Lipinski definition) is 2. The van der Waals surface area contributed by atoms with E-state index in [0.29, 0.717) is 17.9 Å². The number of rotatable bonds is 3. The summed E-state index contributed by atoms with van der Waals surface area (Å²) in [4.78, 5) is 0. The third-order valence-electron chi connectivity index (χ3n) is 6.36. The highest BCUT2D eigenvalue weighted by Crippen LogP contribution is 2.41. The van der Waals surface area contributed by atoms with Gasteiger partial charge in [-0.25, -0.2) is 0 Å². The van der Waals surface area contributed by atoms with Crippen LogP contribution < -0.4 is 11.1 Å². The van der Waals surface area contributed by atoms with Crippen molar-refractivity contribution in [2.45, 2.75) is 71.9 Å². The fraction of sp³-hybridized carbons (Fsp3) is 1.00. The normalized spacial score (nSPS) is 50.1. The molecule has 0 aliphatic heterocycles. The summed E-state index contributed by atoms with van der Waals surface area (Å²) in [5, 5.41) is 3.53. The zero-order valence-electron chi connectivity index (χ0n) is 14.2. The van der Waals surface area contributed by atoms with Crippen LogP contribution in [-0.2, 0) is 0 Å². The van der Waals surface area contributed by atoms with Gasteiger partial charge in [-0.2, -0.15) is 0 Å². The van der Waals surface area contributed by atoms with Crippen molar-refractivity contribution in [3.05, 3.63) is 0 Å². The predicted octanol–water partition coefficient (Wildman–Crippen LogP) is 3.66. The molecule has 20 heavy (non-hydrogen) atoms. The third kappa shape index (κ3) is 3.57. The topological polar surface area (TPSA) is 38.0 Å². The maximum absolute atomic E-state index is 6.29. The van der Waals surface area contributed by atoms with E-state index in [1.807, 2.05) is 0 Å². The molecular weight excluding hydrogens is 244 g/mol. The summed E-state index contributed by atoms with van der Waals surface area (Å²) < 4.78 is 0. The van der Waals surface area contributed by atoms with Gasteiger partial charge in [-0.1, -0.05) is 27.7 Å². The Morgan fingerprint density at radius 2 is 1.20 bits per heavy atom. The van der Waals surface area contributed by atoms with Crippen molar-refractivity contribution in [2.24, 2.45) is 41.2 Å². The Morgan fingerprint density at radius 1 is 0.800 bits per heavy atom. The second-order valence-corrected chi connectivity index (χ2v) is 8.21. The average Bonchev–Trinajstić information content (AvgIpc) is 2.35. The van der Waals surface area contributed by atoms with Crippen LogP contribution in [0.2, 0.25) is 0 Å². The van der Waals surface area contributed by atoms with E-state index in [2.05, 4.69) is 40.1 Å². The highest BCUT2D eigenvalue weighted by atomic mass is 14.9. The van der Waals surface area contributed by atoms with E-state index >= 15 is 0 Å². The zero-order chi connectivity index (χ0) is 14.9. The van der Waals surface area contributed by atoms with Crippen LogP contribution in [0.15, 0.2) is 0 Å². The molecule has 0 aromatic rings. The highest BCUT2D eigenvalue weighted by molar-refractivity contribution is 4.90. The van der Waals surface area contributed by atoms with Crippen molar-refractivity contribution in [1.29, 1.82) is 0 Å². The van der Waals surface area contributed by atoms with Gasteiger partial charge in [0.15, 0.2) is 0 Å². The summed E-state index contributed by atoms with van der Waals surface area (Å²) in [7, 11) is 2.13. The molecule has 2 fully saturated rings. The fourth-order valence-electron chi connectivity index (χ4n) is 5.45. The summed E-state index contributed by atoms with van der Waals surface area (Å²) >= 11 is 0. The van der Waals surface area contributed by atoms with Crippen molar-refractivity contribution >= 4 is 0 Å². The summed E-state index contributed by atoms with van der Waals surface area (Å²) in [6.45, 7) is 9.59. The van der Waals surface area contributed by atoms with E-state index in [1.54, 1.807) is 0 Å². The Morgan fingerprint density at radius 3 is 1.60 bits per heavy atom. The summed E-state index contributed by atoms with van der Waals surface area (Å²) in [6.07, 6.45) is 7.01. The summed E-state index contributed by atoms with van der Waals surface area (Å²) in [6, 6.07) is 1.16. The quantitative estimate of drug-likeness (QED) is 0.828. The van der Waals surface area contributed by atoms with Crippen molar-refractivity contribution in [3.63, 3.8) is 0 Å². The minimum absolute atomic E-state index is 0.434. The van der Waals surface area contributed by atoms with Crippen LogP contribution in [-0.4, -0.2) is 19.1 Å². The van der Waals surface area contributed by atoms with Crippen LogP contribution in [0.3, 0.4) is 0 Å². The Bertz CT molecular complexity index is 280. The first-order valence-corrected chi connectivity index (χ1v) is 8.85. The number of hydrogen-bond acceptors (Lipinski definition) is 2. The molecule has 4 atom stereocenters. The second kappa shape index (κ2) is 6.79. The minimum atomic E-state index is 0.434. The first-order valence-electron chi connectivity index (χ1n) is 8.85. The zero-order valence-corrected chi connectivity index (χ0v) is 14.2. The minimum Gasteiger partial charge on any atom is -0.327 e. The van der Waals surface area contributed by atoms with Crippen LogP contribution in [0.25, 0.3) is 0 Å². The van der Waals surface area contributed by atoms with E-state index in [0.717, 1.165) is 29.7 Å². The number of nitrogens with two attached hydrogens (primary N) is 1. The van der Waals surface area contributed by atoms with Gasteiger partial charge in [0, 0.05) is 12.1 Å². The van der Waals surface area contributed by atoms with Gasteiger partial charge in [0.1, 0.15) is 0 Å². The van der Waals surface area contributed by atoms with E-state index in [1.165, 1.54) is 32.1 Å². The van der Waals surface area contributed by atoms with Crippen LogP contribution >= 0.6 is 0 Å². The van der Waals surface area contributed by atoms with Crippen LogP contribution in [0.1, 0.15) is 59.8 Å². The van der Waals surface area contributed by atoms with E-state index in [9.17, 15) is 0 Å². The van der Waals surface area contributed by atoms with Crippen molar-refractivity contribution in [1.82, 2.24) is 5.32 Å². The highest BCUT2D eigenvalue weighted by Gasteiger charge is 2.36. The van der Waals surface area contributed by atoms with E-state index < -0.39 is 0 Å².